The van der Waals surface area contributed by atoms with Crippen molar-refractivity contribution in [1.29, 1.82) is 0 Å². The van der Waals surface area contributed by atoms with Crippen LogP contribution in [0.4, 0.5) is 0 Å². The monoisotopic (exact) mass is 269 g/mol. The second-order valence-corrected chi connectivity index (χ2v) is 5.01. The molecule has 0 spiro atoms. The van der Waals surface area contributed by atoms with Crippen molar-refractivity contribution in [3.8, 4) is 0 Å². The van der Waals surface area contributed by atoms with Crippen LogP contribution in [0, 0.1) is 0 Å². The Balaban J connectivity index is 2.04. The first-order chi connectivity index (χ1) is 9.15. The lowest BCUT2D eigenvalue weighted by molar-refractivity contribution is -0.0334. The molecule has 0 aliphatic carbocycles. The van der Waals surface area contributed by atoms with E-state index in [0.29, 0.717) is 24.7 Å². The van der Waals surface area contributed by atoms with Gasteiger partial charge in [0.15, 0.2) is 0 Å². The van der Waals surface area contributed by atoms with Gasteiger partial charge in [-0.2, -0.15) is 4.98 Å². The molecule has 1 fully saturated rings. The second kappa shape index (κ2) is 6.45. The lowest BCUT2D eigenvalue weighted by atomic mass is 10.0. The molecule has 1 aromatic heterocycles. The molecule has 3 atom stereocenters. The van der Waals surface area contributed by atoms with E-state index in [-0.39, 0.29) is 12.0 Å². The van der Waals surface area contributed by atoms with Gasteiger partial charge in [-0.1, -0.05) is 25.9 Å². The Morgan fingerprint density at radius 3 is 2.95 bits per heavy atom. The third-order valence-electron chi connectivity index (χ3n) is 3.73. The average molecular weight is 269 g/mol. The quantitative estimate of drug-likeness (QED) is 0.869. The van der Waals surface area contributed by atoms with Crippen molar-refractivity contribution in [2.24, 2.45) is 0 Å². The van der Waals surface area contributed by atoms with Gasteiger partial charge >= 0.3 is 0 Å². The third-order valence-corrected chi connectivity index (χ3v) is 3.73. The highest BCUT2D eigenvalue weighted by Gasteiger charge is 2.27. The normalized spacial score (nSPS) is 24.3. The van der Waals surface area contributed by atoms with Gasteiger partial charge in [-0.15, -0.1) is 0 Å². The zero-order valence-corrected chi connectivity index (χ0v) is 11.9. The van der Waals surface area contributed by atoms with E-state index in [1.165, 1.54) is 0 Å². The van der Waals surface area contributed by atoms with Gasteiger partial charge in [0, 0.05) is 13.1 Å². The van der Waals surface area contributed by atoms with Crippen LogP contribution in [0.2, 0.25) is 0 Å². The van der Waals surface area contributed by atoms with Crippen LogP contribution in [0.3, 0.4) is 0 Å². The molecule has 0 bridgehead atoms. The van der Waals surface area contributed by atoms with Crippen LogP contribution in [0.1, 0.15) is 50.9 Å². The molecule has 6 heteroatoms. The van der Waals surface area contributed by atoms with E-state index in [2.05, 4.69) is 22.0 Å². The molecule has 0 amide bonds. The maximum atomic E-state index is 9.81. The number of aliphatic hydroxyl groups is 1. The minimum absolute atomic E-state index is 0.128. The predicted molar refractivity (Wildman–Crippen MR) is 69.8 cm³/mol. The largest absolute Gasteiger partial charge is 0.392 e. The molecule has 2 heterocycles. The number of ether oxygens (including phenoxy) is 1. The third kappa shape index (κ3) is 3.32. The maximum absolute atomic E-state index is 9.81. The molecular weight excluding hydrogens is 246 g/mol. The van der Waals surface area contributed by atoms with E-state index in [9.17, 15) is 5.11 Å². The van der Waals surface area contributed by atoms with E-state index in [1.54, 1.807) is 0 Å². The Bertz CT molecular complexity index is 396. The molecule has 0 aromatic carbocycles. The Hall–Kier alpha value is -0.980. The summed E-state index contributed by atoms with van der Waals surface area (Å²) in [6.45, 7) is 9.38. The molecule has 1 N–H and O–H groups in total. The molecule has 1 aliphatic rings. The zero-order chi connectivity index (χ0) is 13.8. The number of aromatic nitrogens is 2. The van der Waals surface area contributed by atoms with Gasteiger partial charge in [0.25, 0.3) is 0 Å². The molecule has 1 aromatic rings. The van der Waals surface area contributed by atoms with E-state index >= 15 is 0 Å². The molecule has 3 unspecified atom stereocenters. The Morgan fingerprint density at radius 2 is 2.26 bits per heavy atom. The van der Waals surface area contributed by atoms with Gasteiger partial charge in [-0.05, 0) is 13.0 Å². The van der Waals surface area contributed by atoms with E-state index in [0.717, 1.165) is 19.6 Å². The van der Waals surface area contributed by atoms with Gasteiger partial charge in [-0.3, -0.25) is 4.90 Å². The van der Waals surface area contributed by atoms with Crippen molar-refractivity contribution >= 4 is 0 Å². The molecule has 0 radical (unpaired) electrons. The fourth-order valence-electron chi connectivity index (χ4n) is 2.23. The Morgan fingerprint density at radius 1 is 1.47 bits per heavy atom. The van der Waals surface area contributed by atoms with Crippen molar-refractivity contribution in [3.05, 3.63) is 11.7 Å². The highest BCUT2D eigenvalue weighted by Crippen LogP contribution is 2.24. The summed E-state index contributed by atoms with van der Waals surface area (Å²) < 4.78 is 10.9. The fraction of sp³-hybridized carbons (Fsp3) is 0.846. The molecule has 19 heavy (non-hydrogen) atoms. The summed E-state index contributed by atoms with van der Waals surface area (Å²) in [6, 6.07) is 0. The van der Waals surface area contributed by atoms with Crippen molar-refractivity contribution in [2.75, 3.05) is 26.2 Å². The lowest BCUT2D eigenvalue weighted by Gasteiger charge is -2.30. The topological polar surface area (TPSA) is 71.6 Å². The van der Waals surface area contributed by atoms with Crippen molar-refractivity contribution in [2.45, 2.75) is 45.3 Å². The van der Waals surface area contributed by atoms with Gasteiger partial charge < -0.3 is 14.4 Å². The van der Waals surface area contributed by atoms with Crippen molar-refractivity contribution in [1.82, 2.24) is 15.0 Å². The molecule has 6 nitrogen and oxygen atoms in total. The van der Waals surface area contributed by atoms with Gasteiger partial charge in [-0.25, -0.2) is 0 Å². The molecule has 1 saturated heterocycles. The summed E-state index contributed by atoms with van der Waals surface area (Å²) in [5, 5.41) is 13.8. The van der Waals surface area contributed by atoms with Crippen LogP contribution in [0.5, 0.6) is 0 Å². The van der Waals surface area contributed by atoms with Crippen LogP contribution in [-0.4, -0.2) is 52.5 Å². The van der Waals surface area contributed by atoms with Crippen LogP contribution in [0.15, 0.2) is 4.52 Å². The zero-order valence-electron chi connectivity index (χ0n) is 11.9. The minimum atomic E-state index is -0.451. The van der Waals surface area contributed by atoms with E-state index in [1.807, 2.05) is 13.8 Å². The summed E-state index contributed by atoms with van der Waals surface area (Å²) >= 11 is 0. The lowest BCUT2D eigenvalue weighted by Crippen LogP contribution is -2.38. The number of rotatable bonds is 5. The van der Waals surface area contributed by atoms with Crippen molar-refractivity contribution < 1.29 is 14.4 Å². The maximum Gasteiger partial charge on any atom is 0.232 e. The van der Waals surface area contributed by atoms with Crippen molar-refractivity contribution in [3.63, 3.8) is 0 Å². The van der Waals surface area contributed by atoms with Crippen LogP contribution in [-0.2, 0) is 4.74 Å². The second-order valence-electron chi connectivity index (χ2n) is 5.01. The molecule has 0 saturated carbocycles. The minimum Gasteiger partial charge on any atom is -0.392 e. The number of nitrogens with zero attached hydrogens (tertiary/aromatic N) is 3. The first-order valence-electron chi connectivity index (χ1n) is 7.01. The van der Waals surface area contributed by atoms with Gasteiger partial charge in [0.05, 0.1) is 18.6 Å². The molecule has 2 rings (SSSR count). The van der Waals surface area contributed by atoms with Crippen LogP contribution in [0.25, 0.3) is 0 Å². The number of likely N-dealkylation sites (N-methyl/N-ethyl adjacent to an activating group) is 1. The van der Waals surface area contributed by atoms with Crippen LogP contribution >= 0.6 is 0 Å². The summed E-state index contributed by atoms with van der Waals surface area (Å²) in [5.41, 5.74) is 0. The highest BCUT2D eigenvalue weighted by molar-refractivity contribution is 4.99. The summed E-state index contributed by atoms with van der Waals surface area (Å²) in [7, 11) is 0. The standard InChI is InChI=1S/C13H23N3O3/c1-4-10(17)9(3)13-14-12(15-19-13)11-8-16(5-2)6-7-18-11/h9-11,17H,4-8H2,1-3H3. The van der Waals surface area contributed by atoms with E-state index in [4.69, 9.17) is 9.26 Å². The predicted octanol–water partition coefficient (Wildman–Crippen LogP) is 1.34. The molecule has 1 aliphatic heterocycles. The Kier molecular flexibility index (Phi) is 4.90. The van der Waals surface area contributed by atoms with Gasteiger partial charge in [0.1, 0.15) is 6.10 Å². The SMILES string of the molecule is CCC(O)C(C)c1nc(C2CN(CC)CCO2)no1. The van der Waals surface area contributed by atoms with Crippen LogP contribution < -0.4 is 0 Å². The first kappa shape index (κ1) is 14.4. The summed E-state index contributed by atoms with van der Waals surface area (Å²) in [4.78, 5) is 6.68. The number of aliphatic hydroxyl groups excluding tert-OH is 1. The number of morpholine rings is 1. The van der Waals surface area contributed by atoms with Gasteiger partial charge in [0.2, 0.25) is 11.7 Å². The number of hydrogen-bond donors (Lipinski definition) is 1. The highest BCUT2D eigenvalue weighted by atomic mass is 16.5. The smallest absolute Gasteiger partial charge is 0.232 e. The molecule has 108 valence electrons. The fourth-order valence-corrected chi connectivity index (χ4v) is 2.23. The Labute approximate surface area is 113 Å². The molecular formula is C13H23N3O3. The summed E-state index contributed by atoms with van der Waals surface area (Å²) in [6.07, 6.45) is 0.0903. The van der Waals surface area contributed by atoms with E-state index < -0.39 is 6.10 Å². The average Bonchev–Trinajstić information content (AvgIpc) is 2.95. The number of hydrogen-bond acceptors (Lipinski definition) is 6. The first-order valence-corrected chi connectivity index (χ1v) is 7.01. The summed E-state index contributed by atoms with van der Waals surface area (Å²) in [5.74, 6) is 0.932.